The first kappa shape index (κ1) is 21.1. The number of rotatable bonds is 4. The second-order valence-electron chi connectivity index (χ2n) is 7.92. The number of aryl methyl sites for hydroxylation is 1. The van der Waals surface area contributed by atoms with E-state index in [1.54, 1.807) is 36.0 Å². The number of nitrogens with one attached hydrogen (secondary N) is 2. The molecule has 5 rings (SSSR count). The van der Waals surface area contributed by atoms with E-state index in [0.717, 1.165) is 5.56 Å². The van der Waals surface area contributed by atoms with Crippen molar-refractivity contribution < 1.29 is 4.39 Å². The lowest BCUT2D eigenvalue weighted by Crippen LogP contribution is -2.27. The van der Waals surface area contributed by atoms with Gasteiger partial charge in [-0.1, -0.05) is 23.7 Å². The van der Waals surface area contributed by atoms with Gasteiger partial charge in [-0.15, -0.1) is 0 Å². The summed E-state index contributed by atoms with van der Waals surface area (Å²) in [4.78, 5) is 29.5. The van der Waals surface area contributed by atoms with Gasteiger partial charge in [-0.2, -0.15) is 0 Å². The molecule has 2 aromatic carbocycles. The Morgan fingerprint density at radius 2 is 1.94 bits per heavy atom. The molecule has 3 heterocycles. The lowest BCUT2D eigenvalue weighted by molar-refractivity contribution is 0.620. The fourth-order valence-electron chi connectivity index (χ4n) is 4.12. The molecule has 1 atom stereocenters. The first-order valence-electron chi connectivity index (χ1n) is 10.4. The number of pyridine rings is 1. The number of halogens is 2. The van der Waals surface area contributed by atoms with Crippen LogP contribution >= 0.6 is 11.6 Å². The highest BCUT2D eigenvalue weighted by Gasteiger charge is 2.21. The maximum Gasteiger partial charge on any atom is 0.263 e. The normalized spacial score (nSPS) is 12.4. The summed E-state index contributed by atoms with van der Waals surface area (Å²) in [6.07, 6.45) is 2.98. The van der Waals surface area contributed by atoms with Gasteiger partial charge in [0.1, 0.15) is 17.7 Å². The number of anilines is 1. The Morgan fingerprint density at radius 3 is 2.76 bits per heavy atom. The van der Waals surface area contributed by atoms with Crippen molar-refractivity contribution in [2.24, 2.45) is 0 Å². The molecule has 5 aromatic rings. The maximum atomic E-state index is 14.4. The van der Waals surface area contributed by atoms with Gasteiger partial charge in [0.05, 0.1) is 23.4 Å². The molecule has 0 aliphatic heterocycles. The molecule has 0 aliphatic carbocycles. The molecule has 3 aromatic heterocycles. The Morgan fingerprint density at radius 1 is 1.12 bits per heavy atom. The molecule has 166 valence electrons. The van der Waals surface area contributed by atoms with Crippen molar-refractivity contribution in [3.63, 3.8) is 0 Å². The summed E-state index contributed by atoms with van der Waals surface area (Å²) in [5.41, 5.74) is 3.26. The first-order valence-corrected chi connectivity index (χ1v) is 10.8. The van der Waals surface area contributed by atoms with E-state index >= 15 is 0 Å². The van der Waals surface area contributed by atoms with Crippen LogP contribution in [0.25, 0.3) is 27.6 Å². The highest BCUT2D eigenvalue weighted by atomic mass is 35.5. The van der Waals surface area contributed by atoms with Crippen LogP contribution in [0.15, 0.2) is 53.8 Å². The summed E-state index contributed by atoms with van der Waals surface area (Å²) in [5.74, 6) is 0.137. The van der Waals surface area contributed by atoms with E-state index in [4.69, 9.17) is 11.6 Å². The SMILES string of the molecule is Cc1c(Cl)cccc1-n1c([C@H](C)Nc2ncnc3nc[nH]c23)cc2ccc(F)c(C)c2c1=O. The van der Waals surface area contributed by atoms with E-state index < -0.39 is 5.82 Å². The number of imidazole rings is 1. The highest BCUT2D eigenvalue weighted by molar-refractivity contribution is 6.31. The minimum atomic E-state index is -0.421. The van der Waals surface area contributed by atoms with E-state index in [-0.39, 0.29) is 11.6 Å². The van der Waals surface area contributed by atoms with E-state index in [1.807, 2.05) is 26.0 Å². The summed E-state index contributed by atoms with van der Waals surface area (Å²) in [5, 5.41) is 4.90. The zero-order chi connectivity index (χ0) is 23.3. The minimum Gasteiger partial charge on any atom is -0.360 e. The fraction of sp³-hybridized carbons (Fsp3) is 0.167. The molecule has 0 saturated heterocycles. The van der Waals surface area contributed by atoms with Crippen LogP contribution in [0.2, 0.25) is 5.02 Å². The summed E-state index contributed by atoms with van der Waals surface area (Å²) in [7, 11) is 0. The van der Waals surface area contributed by atoms with Crippen molar-refractivity contribution >= 4 is 39.4 Å². The van der Waals surface area contributed by atoms with Crippen molar-refractivity contribution in [1.29, 1.82) is 0 Å². The molecule has 0 unspecified atom stereocenters. The van der Waals surface area contributed by atoms with Gasteiger partial charge in [-0.25, -0.2) is 19.3 Å². The van der Waals surface area contributed by atoms with Gasteiger partial charge in [-0.3, -0.25) is 9.36 Å². The zero-order valence-corrected chi connectivity index (χ0v) is 18.9. The van der Waals surface area contributed by atoms with Gasteiger partial charge in [0.15, 0.2) is 11.5 Å². The van der Waals surface area contributed by atoms with E-state index in [2.05, 4.69) is 25.3 Å². The molecule has 9 heteroatoms. The number of H-pyrrole nitrogens is 1. The quantitative estimate of drug-likeness (QED) is 0.381. The molecule has 0 saturated carbocycles. The Hall–Kier alpha value is -3.78. The second-order valence-corrected chi connectivity index (χ2v) is 8.33. The molecular weight excluding hydrogens is 443 g/mol. The summed E-state index contributed by atoms with van der Waals surface area (Å²) in [6.45, 7) is 5.40. The maximum absolute atomic E-state index is 14.4. The van der Waals surface area contributed by atoms with E-state index in [1.165, 1.54) is 12.4 Å². The van der Waals surface area contributed by atoms with Crippen molar-refractivity contribution in [3.05, 3.63) is 87.1 Å². The number of aromatic nitrogens is 5. The standard InChI is InChI=1S/C24H20ClFN6O/c1-12-16(25)5-4-6-18(12)32-19(9-15-7-8-17(26)13(2)20(15)24(32)33)14(3)31-23-21-22(28-10-27-21)29-11-30-23/h4-11,14H,1-3H3,(H2,27,28,29,30,31)/t14-/m0/s1. The molecule has 0 spiro atoms. The topological polar surface area (TPSA) is 88.5 Å². The Labute approximate surface area is 193 Å². The highest BCUT2D eigenvalue weighted by Crippen LogP contribution is 2.29. The molecule has 0 aliphatic rings. The Kier molecular flexibility index (Phi) is 5.09. The average molecular weight is 463 g/mol. The van der Waals surface area contributed by atoms with Crippen molar-refractivity contribution in [2.45, 2.75) is 26.8 Å². The van der Waals surface area contributed by atoms with Crippen LogP contribution in [0.4, 0.5) is 10.2 Å². The molecule has 7 nitrogen and oxygen atoms in total. The number of fused-ring (bicyclic) bond motifs is 2. The monoisotopic (exact) mass is 462 g/mol. The van der Waals surface area contributed by atoms with E-state index in [0.29, 0.717) is 49.7 Å². The van der Waals surface area contributed by atoms with Crippen molar-refractivity contribution in [1.82, 2.24) is 24.5 Å². The van der Waals surface area contributed by atoms with Crippen LogP contribution in [0.5, 0.6) is 0 Å². The third-order valence-corrected chi connectivity index (χ3v) is 6.32. The van der Waals surface area contributed by atoms with Gasteiger partial charge in [0.25, 0.3) is 5.56 Å². The van der Waals surface area contributed by atoms with Gasteiger partial charge < -0.3 is 10.3 Å². The molecule has 0 bridgehead atoms. The third-order valence-electron chi connectivity index (χ3n) is 5.91. The van der Waals surface area contributed by atoms with Crippen molar-refractivity contribution in [3.8, 4) is 5.69 Å². The van der Waals surface area contributed by atoms with Crippen LogP contribution in [0, 0.1) is 19.7 Å². The van der Waals surface area contributed by atoms with Crippen LogP contribution in [-0.4, -0.2) is 24.5 Å². The predicted octanol–water partition coefficient (Wildman–Crippen LogP) is 5.24. The molecule has 0 amide bonds. The van der Waals surface area contributed by atoms with Gasteiger partial charge in [0.2, 0.25) is 0 Å². The van der Waals surface area contributed by atoms with Crippen LogP contribution < -0.4 is 10.9 Å². The van der Waals surface area contributed by atoms with Gasteiger partial charge >= 0.3 is 0 Å². The van der Waals surface area contributed by atoms with Crippen LogP contribution in [0.1, 0.15) is 29.8 Å². The number of benzene rings is 2. The van der Waals surface area contributed by atoms with Crippen LogP contribution in [0.3, 0.4) is 0 Å². The number of hydrogen-bond acceptors (Lipinski definition) is 5. The average Bonchev–Trinajstić information content (AvgIpc) is 3.28. The smallest absolute Gasteiger partial charge is 0.263 e. The minimum absolute atomic E-state index is 0.312. The van der Waals surface area contributed by atoms with Crippen LogP contribution in [-0.2, 0) is 0 Å². The molecule has 33 heavy (non-hydrogen) atoms. The molecule has 2 N–H and O–H groups in total. The zero-order valence-electron chi connectivity index (χ0n) is 18.1. The summed E-state index contributed by atoms with van der Waals surface area (Å²) >= 11 is 6.39. The summed E-state index contributed by atoms with van der Waals surface area (Å²) in [6, 6.07) is 9.94. The molecular formula is C24H20ClFN6O. The van der Waals surface area contributed by atoms with Crippen molar-refractivity contribution in [2.75, 3.05) is 5.32 Å². The lowest BCUT2D eigenvalue weighted by Gasteiger charge is -2.23. The molecule has 0 radical (unpaired) electrons. The Bertz CT molecular complexity index is 1590. The predicted molar refractivity (Wildman–Crippen MR) is 128 cm³/mol. The van der Waals surface area contributed by atoms with E-state index in [9.17, 15) is 9.18 Å². The van der Waals surface area contributed by atoms with Gasteiger partial charge in [-0.05, 0) is 61.5 Å². The third kappa shape index (κ3) is 3.43. The molecule has 0 fully saturated rings. The number of aromatic amines is 1. The lowest BCUT2D eigenvalue weighted by atomic mass is 10.0. The second kappa shape index (κ2) is 7.97. The fourth-order valence-corrected chi connectivity index (χ4v) is 4.29. The first-order chi connectivity index (χ1) is 15.9. The number of hydrogen-bond donors (Lipinski definition) is 2. The number of nitrogens with zero attached hydrogens (tertiary/aromatic N) is 4. The summed E-state index contributed by atoms with van der Waals surface area (Å²) < 4.78 is 16.0. The Balaban J connectivity index is 1.77. The van der Waals surface area contributed by atoms with Gasteiger partial charge in [0, 0.05) is 10.7 Å². The largest absolute Gasteiger partial charge is 0.360 e.